The lowest BCUT2D eigenvalue weighted by atomic mass is 9.89. The van der Waals surface area contributed by atoms with E-state index in [1.165, 1.54) is 15.8 Å². The van der Waals surface area contributed by atoms with Crippen LogP contribution in [0.3, 0.4) is 0 Å². The molecule has 0 saturated carbocycles. The molecule has 0 N–H and O–H groups in total. The Labute approximate surface area is 161 Å². The highest BCUT2D eigenvalue weighted by atomic mass is 32.1. The van der Waals surface area contributed by atoms with Crippen molar-refractivity contribution >= 4 is 27.5 Å². The summed E-state index contributed by atoms with van der Waals surface area (Å²) in [5.41, 5.74) is 1.90. The summed E-state index contributed by atoms with van der Waals surface area (Å²) in [6.07, 6.45) is 4.47. The first-order valence-electron chi connectivity index (χ1n) is 9.26. The number of aryl methyl sites for hydroxylation is 1. The fraction of sp³-hybridized carbons (Fsp3) is 0.381. The molecule has 0 fully saturated rings. The third-order valence-corrected chi connectivity index (χ3v) is 6.39. The molecule has 0 unspecified atom stereocenters. The normalized spacial score (nSPS) is 17.5. The van der Waals surface area contributed by atoms with Crippen LogP contribution in [-0.4, -0.2) is 15.5 Å². The molecule has 1 aliphatic carbocycles. The van der Waals surface area contributed by atoms with Gasteiger partial charge in [-0.05, 0) is 43.2 Å². The van der Waals surface area contributed by atoms with Crippen LogP contribution in [0.5, 0.6) is 0 Å². The molecule has 2 heterocycles. The number of ether oxygens (including phenoxy) is 1. The Morgan fingerprint density at radius 1 is 1.37 bits per heavy atom. The van der Waals surface area contributed by atoms with Crippen molar-refractivity contribution in [1.29, 1.82) is 0 Å². The summed E-state index contributed by atoms with van der Waals surface area (Å²) in [5.74, 6) is 0.208. The lowest BCUT2D eigenvalue weighted by Gasteiger charge is -2.18. The molecule has 0 saturated heterocycles. The summed E-state index contributed by atoms with van der Waals surface area (Å²) in [7, 11) is 0. The van der Waals surface area contributed by atoms with Gasteiger partial charge in [-0.2, -0.15) is 0 Å². The van der Waals surface area contributed by atoms with Crippen molar-refractivity contribution in [2.45, 2.75) is 45.8 Å². The summed E-state index contributed by atoms with van der Waals surface area (Å²) >= 11 is 1.61. The lowest BCUT2D eigenvalue weighted by molar-refractivity contribution is -0.148. The van der Waals surface area contributed by atoms with Crippen molar-refractivity contribution in [3.05, 3.63) is 63.0 Å². The molecule has 3 aromatic rings. The zero-order chi connectivity index (χ0) is 19.0. The Morgan fingerprint density at radius 3 is 2.93 bits per heavy atom. The van der Waals surface area contributed by atoms with E-state index in [1.807, 2.05) is 30.3 Å². The van der Waals surface area contributed by atoms with Crippen molar-refractivity contribution in [1.82, 2.24) is 9.55 Å². The Bertz CT molecular complexity index is 1040. The number of carbonyl (C=O) groups excluding carboxylic acids is 1. The monoisotopic (exact) mass is 382 g/mol. The van der Waals surface area contributed by atoms with E-state index >= 15 is 0 Å². The number of benzene rings is 1. The van der Waals surface area contributed by atoms with Gasteiger partial charge in [0.1, 0.15) is 17.5 Å². The summed E-state index contributed by atoms with van der Waals surface area (Å²) in [6.45, 7) is 4.12. The third kappa shape index (κ3) is 3.41. The van der Waals surface area contributed by atoms with E-state index in [-0.39, 0.29) is 12.2 Å². The molecular formula is C21H22N2O3S. The van der Waals surface area contributed by atoms with Gasteiger partial charge in [0.2, 0.25) is 0 Å². The van der Waals surface area contributed by atoms with Crippen LogP contribution in [0.1, 0.15) is 42.3 Å². The highest BCUT2D eigenvalue weighted by Crippen LogP contribution is 2.35. The second-order valence-corrected chi connectivity index (χ2v) is 8.34. The van der Waals surface area contributed by atoms with Gasteiger partial charge in [0.05, 0.1) is 11.7 Å². The summed E-state index contributed by atoms with van der Waals surface area (Å²) < 4.78 is 6.80. The SMILES string of the molecule is C[C@H]1CCc2c(sc3ncn([C@@H](C)C(=O)OCc4ccccc4)c(=O)c23)C1. The van der Waals surface area contributed by atoms with Gasteiger partial charge in [-0.15, -0.1) is 11.3 Å². The van der Waals surface area contributed by atoms with Crippen LogP contribution in [0, 0.1) is 5.92 Å². The largest absolute Gasteiger partial charge is 0.459 e. The molecule has 140 valence electrons. The van der Waals surface area contributed by atoms with Gasteiger partial charge in [0.25, 0.3) is 5.56 Å². The minimum Gasteiger partial charge on any atom is -0.459 e. The predicted molar refractivity (Wildman–Crippen MR) is 106 cm³/mol. The number of hydrogen-bond donors (Lipinski definition) is 0. The van der Waals surface area contributed by atoms with Crippen molar-refractivity contribution in [3.8, 4) is 0 Å². The number of thiophene rings is 1. The van der Waals surface area contributed by atoms with Gasteiger partial charge in [0, 0.05) is 4.88 Å². The average Bonchev–Trinajstić information content (AvgIpc) is 3.05. The molecule has 4 rings (SSSR count). The molecule has 0 amide bonds. The van der Waals surface area contributed by atoms with Gasteiger partial charge in [0.15, 0.2) is 0 Å². The van der Waals surface area contributed by atoms with Gasteiger partial charge >= 0.3 is 5.97 Å². The smallest absolute Gasteiger partial charge is 0.329 e. The van der Waals surface area contributed by atoms with Crippen LogP contribution < -0.4 is 5.56 Å². The first kappa shape index (κ1) is 17.9. The molecule has 27 heavy (non-hydrogen) atoms. The first-order valence-corrected chi connectivity index (χ1v) is 10.1. The molecule has 1 aromatic carbocycles. The maximum absolute atomic E-state index is 13.1. The second-order valence-electron chi connectivity index (χ2n) is 7.26. The Hall–Kier alpha value is -2.47. The Morgan fingerprint density at radius 2 is 2.15 bits per heavy atom. The van der Waals surface area contributed by atoms with E-state index in [0.29, 0.717) is 11.3 Å². The van der Waals surface area contributed by atoms with Gasteiger partial charge in [-0.1, -0.05) is 37.3 Å². The molecule has 5 nitrogen and oxygen atoms in total. The topological polar surface area (TPSA) is 61.2 Å². The number of fused-ring (bicyclic) bond motifs is 3. The Balaban J connectivity index is 1.60. The predicted octanol–water partition coefficient (Wildman–Crippen LogP) is 3.89. The quantitative estimate of drug-likeness (QED) is 0.643. The summed E-state index contributed by atoms with van der Waals surface area (Å²) in [4.78, 5) is 32.1. The summed E-state index contributed by atoms with van der Waals surface area (Å²) in [5, 5.41) is 0.687. The van der Waals surface area contributed by atoms with Crippen LogP contribution in [0.2, 0.25) is 0 Å². The van der Waals surface area contributed by atoms with Gasteiger partial charge < -0.3 is 4.74 Å². The van der Waals surface area contributed by atoms with Crippen LogP contribution >= 0.6 is 11.3 Å². The second kappa shape index (κ2) is 7.27. The molecule has 2 aromatic heterocycles. The molecule has 0 bridgehead atoms. The number of nitrogens with zero attached hydrogens (tertiary/aromatic N) is 2. The molecule has 0 aliphatic heterocycles. The fourth-order valence-electron chi connectivity index (χ4n) is 3.58. The van der Waals surface area contributed by atoms with Crippen molar-refractivity contribution in [2.24, 2.45) is 5.92 Å². The van der Waals surface area contributed by atoms with E-state index < -0.39 is 12.0 Å². The van der Waals surface area contributed by atoms with Crippen molar-refractivity contribution in [2.75, 3.05) is 0 Å². The van der Waals surface area contributed by atoms with E-state index in [9.17, 15) is 9.59 Å². The van der Waals surface area contributed by atoms with Crippen molar-refractivity contribution < 1.29 is 9.53 Å². The van der Waals surface area contributed by atoms with E-state index in [4.69, 9.17) is 4.74 Å². The number of esters is 1. The molecule has 6 heteroatoms. The zero-order valence-corrected chi connectivity index (χ0v) is 16.3. The zero-order valence-electron chi connectivity index (χ0n) is 15.5. The third-order valence-electron chi connectivity index (χ3n) is 5.22. The van der Waals surface area contributed by atoms with E-state index in [1.54, 1.807) is 18.3 Å². The minimum atomic E-state index is -0.712. The van der Waals surface area contributed by atoms with Gasteiger partial charge in [-0.25, -0.2) is 9.78 Å². The molecule has 1 aliphatic rings. The first-order chi connectivity index (χ1) is 13.0. The van der Waals surface area contributed by atoms with E-state index in [0.717, 1.165) is 35.2 Å². The number of carbonyl (C=O) groups is 1. The van der Waals surface area contributed by atoms with E-state index in [2.05, 4.69) is 11.9 Å². The van der Waals surface area contributed by atoms with Gasteiger partial charge in [-0.3, -0.25) is 9.36 Å². The number of aromatic nitrogens is 2. The standard InChI is InChI=1S/C21H22N2O3S/c1-13-8-9-16-17(10-13)27-19-18(16)20(24)23(12-22-19)14(2)21(25)26-11-15-6-4-3-5-7-15/h3-7,12-14H,8-11H2,1-2H3/t13-,14-/m0/s1. The minimum absolute atomic E-state index is 0.142. The Kier molecular flexibility index (Phi) is 4.83. The molecular weight excluding hydrogens is 360 g/mol. The number of rotatable bonds is 4. The maximum atomic E-state index is 13.1. The molecule has 0 radical (unpaired) electrons. The van der Waals surface area contributed by atoms with Crippen LogP contribution in [-0.2, 0) is 29.0 Å². The maximum Gasteiger partial charge on any atom is 0.329 e. The highest BCUT2D eigenvalue weighted by molar-refractivity contribution is 7.18. The van der Waals surface area contributed by atoms with Crippen LogP contribution in [0.25, 0.3) is 10.2 Å². The molecule has 2 atom stereocenters. The van der Waals surface area contributed by atoms with Crippen LogP contribution in [0.4, 0.5) is 0 Å². The van der Waals surface area contributed by atoms with Crippen molar-refractivity contribution in [3.63, 3.8) is 0 Å². The lowest BCUT2D eigenvalue weighted by Crippen LogP contribution is -2.29. The fourth-order valence-corrected chi connectivity index (χ4v) is 4.92. The average molecular weight is 382 g/mol. The molecule has 0 spiro atoms. The number of hydrogen-bond acceptors (Lipinski definition) is 5. The van der Waals surface area contributed by atoms with Crippen LogP contribution in [0.15, 0.2) is 41.5 Å². The summed E-state index contributed by atoms with van der Waals surface area (Å²) in [6, 6.07) is 8.80. The highest BCUT2D eigenvalue weighted by Gasteiger charge is 2.25.